The molecule has 0 amide bonds. The summed E-state index contributed by atoms with van der Waals surface area (Å²) in [7, 11) is -2.79. The molecule has 6 heteroatoms. The molecule has 0 saturated carbocycles. The minimum absolute atomic E-state index is 0. The maximum Gasteiger partial charge on any atom is 0.316 e. The van der Waals surface area contributed by atoms with E-state index in [1.165, 1.54) is 0 Å². The van der Waals surface area contributed by atoms with E-state index in [9.17, 15) is 4.57 Å². The van der Waals surface area contributed by atoms with Gasteiger partial charge in [-0.2, -0.15) is 0 Å². The van der Waals surface area contributed by atoms with Gasteiger partial charge in [0.25, 0.3) is 0 Å². The summed E-state index contributed by atoms with van der Waals surface area (Å²) in [4.78, 5) is 8.21. The van der Waals surface area contributed by atoms with Crippen LogP contribution in [0.4, 0.5) is 0 Å². The van der Waals surface area contributed by atoms with E-state index in [1.807, 2.05) is 6.92 Å². The summed E-state index contributed by atoms with van der Waals surface area (Å²) in [5.74, 6) is 0. The molecule has 0 aromatic carbocycles. The summed E-state index contributed by atoms with van der Waals surface area (Å²) in [6.07, 6.45) is 0. The van der Waals surface area contributed by atoms with Gasteiger partial charge >= 0.3 is 8.25 Å². The number of hydrogen-bond acceptors (Lipinski definition) is 3. The normalized spacial score (nSPS) is 11.8. The molecule has 0 aliphatic heterocycles. The minimum atomic E-state index is -2.79. The first-order valence-electron chi connectivity index (χ1n) is 3.20. The standard InChI is InChI=1S/C6H13O4P.Mn/c1-6(2)5-9-3-4-10-11(7)8;/h11H,1,3-5H2,2H3,(H,7,8);. The van der Waals surface area contributed by atoms with Crippen LogP contribution in [0.1, 0.15) is 6.92 Å². The Bertz CT molecular complexity index is 134. The van der Waals surface area contributed by atoms with E-state index in [0.717, 1.165) is 5.57 Å². The summed E-state index contributed by atoms with van der Waals surface area (Å²) in [6.45, 7) is 6.41. The summed E-state index contributed by atoms with van der Waals surface area (Å²) in [6, 6.07) is 0. The average Bonchev–Trinajstić information content (AvgIpc) is 1.85. The number of ether oxygens (including phenoxy) is 1. The van der Waals surface area contributed by atoms with Gasteiger partial charge in [0.15, 0.2) is 0 Å². The topological polar surface area (TPSA) is 55.8 Å². The fraction of sp³-hybridized carbons (Fsp3) is 0.667. The molecule has 0 rings (SSSR count). The van der Waals surface area contributed by atoms with Crippen LogP contribution in [0.3, 0.4) is 0 Å². The molecule has 0 saturated heterocycles. The van der Waals surface area contributed by atoms with Crippen molar-refractivity contribution in [2.45, 2.75) is 6.92 Å². The molecule has 1 atom stereocenters. The van der Waals surface area contributed by atoms with Gasteiger partial charge in [-0.1, -0.05) is 12.2 Å². The molecular formula is C6H13MnO4P. The van der Waals surface area contributed by atoms with Gasteiger partial charge in [0.2, 0.25) is 0 Å². The van der Waals surface area contributed by atoms with Gasteiger partial charge in [-0.15, -0.1) is 0 Å². The molecule has 0 spiro atoms. The third kappa shape index (κ3) is 13.0. The summed E-state index contributed by atoms with van der Waals surface area (Å²) in [5.41, 5.74) is 0.918. The van der Waals surface area contributed by atoms with E-state index < -0.39 is 8.25 Å². The molecule has 1 N–H and O–H groups in total. The second-order valence-electron chi connectivity index (χ2n) is 2.12. The second kappa shape index (κ2) is 9.46. The quantitative estimate of drug-likeness (QED) is 0.322. The zero-order chi connectivity index (χ0) is 8.69. The van der Waals surface area contributed by atoms with Crippen LogP contribution in [0.25, 0.3) is 0 Å². The third-order valence-electron chi connectivity index (χ3n) is 0.802. The third-order valence-corrected chi connectivity index (χ3v) is 1.25. The van der Waals surface area contributed by atoms with Crippen molar-refractivity contribution in [2.75, 3.05) is 19.8 Å². The Hall–Kier alpha value is 0.369. The van der Waals surface area contributed by atoms with Crippen LogP contribution in [0, 0.1) is 0 Å². The van der Waals surface area contributed by atoms with E-state index in [1.54, 1.807) is 0 Å². The van der Waals surface area contributed by atoms with Crippen LogP contribution < -0.4 is 0 Å². The Labute approximate surface area is 83.4 Å². The summed E-state index contributed by atoms with van der Waals surface area (Å²) >= 11 is 0. The molecule has 0 fully saturated rings. The van der Waals surface area contributed by atoms with Crippen molar-refractivity contribution in [1.82, 2.24) is 0 Å². The Balaban J connectivity index is 0. The van der Waals surface area contributed by atoms with Crippen LogP contribution in [-0.4, -0.2) is 24.7 Å². The van der Waals surface area contributed by atoms with Crippen LogP contribution in [-0.2, 0) is 30.9 Å². The van der Waals surface area contributed by atoms with Crippen molar-refractivity contribution >= 4 is 8.25 Å². The van der Waals surface area contributed by atoms with Gasteiger partial charge in [0.1, 0.15) is 0 Å². The molecule has 4 nitrogen and oxygen atoms in total. The Morgan fingerprint density at radius 3 is 2.58 bits per heavy atom. The van der Waals surface area contributed by atoms with Gasteiger partial charge in [-0.25, -0.2) is 0 Å². The number of hydrogen-bond donors (Lipinski definition) is 1. The van der Waals surface area contributed by atoms with Gasteiger partial charge < -0.3 is 14.2 Å². The molecule has 12 heavy (non-hydrogen) atoms. The Kier molecular flexibility index (Phi) is 11.7. The molecule has 0 aliphatic rings. The van der Waals surface area contributed by atoms with Crippen LogP contribution in [0.5, 0.6) is 0 Å². The molecule has 0 heterocycles. The maximum absolute atomic E-state index is 9.99. The van der Waals surface area contributed by atoms with Crippen LogP contribution in [0.2, 0.25) is 0 Å². The van der Waals surface area contributed by atoms with E-state index in [2.05, 4.69) is 11.1 Å². The first-order chi connectivity index (χ1) is 5.13. The summed E-state index contributed by atoms with van der Waals surface area (Å²) < 4.78 is 19.3. The molecule has 0 aromatic rings. The average molecular weight is 235 g/mol. The van der Waals surface area contributed by atoms with Crippen molar-refractivity contribution in [3.05, 3.63) is 12.2 Å². The fourth-order valence-electron chi connectivity index (χ4n) is 0.434. The van der Waals surface area contributed by atoms with E-state index in [0.29, 0.717) is 13.2 Å². The predicted octanol–water partition coefficient (Wildman–Crippen LogP) is 0.975. The largest absolute Gasteiger partial charge is 0.375 e. The SMILES string of the molecule is C=C(C)COCCO[PH](=O)O.[Mn]. The monoisotopic (exact) mass is 235 g/mol. The molecule has 0 aromatic heterocycles. The molecule has 1 unspecified atom stereocenters. The molecule has 0 aliphatic carbocycles. The zero-order valence-electron chi connectivity index (χ0n) is 6.88. The fourth-order valence-corrected chi connectivity index (χ4v) is 0.692. The molecule has 73 valence electrons. The van der Waals surface area contributed by atoms with E-state index in [4.69, 9.17) is 9.63 Å². The van der Waals surface area contributed by atoms with Gasteiger partial charge in [-0.05, 0) is 6.92 Å². The molecular weight excluding hydrogens is 222 g/mol. The smallest absolute Gasteiger partial charge is 0.316 e. The van der Waals surface area contributed by atoms with Crippen molar-refractivity contribution in [3.8, 4) is 0 Å². The van der Waals surface area contributed by atoms with Crippen molar-refractivity contribution in [2.24, 2.45) is 0 Å². The minimum Gasteiger partial charge on any atom is -0.375 e. The zero-order valence-corrected chi connectivity index (χ0v) is 9.06. The van der Waals surface area contributed by atoms with Gasteiger partial charge in [0, 0.05) is 17.1 Å². The number of rotatable bonds is 6. The van der Waals surface area contributed by atoms with Gasteiger partial charge in [0.05, 0.1) is 19.8 Å². The van der Waals surface area contributed by atoms with Crippen LogP contribution in [0.15, 0.2) is 12.2 Å². The van der Waals surface area contributed by atoms with Gasteiger partial charge in [-0.3, -0.25) is 4.57 Å². The second-order valence-corrected chi connectivity index (χ2v) is 2.94. The first kappa shape index (κ1) is 14.9. The van der Waals surface area contributed by atoms with E-state index >= 15 is 0 Å². The molecule has 1 radical (unpaired) electrons. The predicted molar refractivity (Wildman–Crippen MR) is 42.8 cm³/mol. The maximum atomic E-state index is 9.99. The summed E-state index contributed by atoms with van der Waals surface area (Å²) in [5, 5.41) is 0. The first-order valence-corrected chi connectivity index (χ1v) is 4.47. The Morgan fingerprint density at radius 2 is 2.17 bits per heavy atom. The van der Waals surface area contributed by atoms with Crippen LogP contribution >= 0.6 is 8.25 Å². The van der Waals surface area contributed by atoms with Crippen molar-refractivity contribution in [1.29, 1.82) is 0 Å². The van der Waals surface area contributed by atoms with Crippen molar-refractivity contribution in [3.63, 3.8) is 0 Å². The van der Waals surface area contributed by atoms with Crippen molar-refractivity contribution < 1.29 is 35.8 Å². The Morgan fingerprint density at radius 1 is 1.58 bits per heavy atom. The molecule has 0 bridgehead atoms. The van der Waals surface area contributed by atoms with E-state index in [-0.39, 0.29) is 23.7 Å².